The lowest BCUT2D eigenvalue weighted by molar-refractivity contribution is -0.113. The standard InChI is InChI=1S/C20H22N4O3S3/c1-13-14(2)29-20-18(13)19(21-12-22-20)28-11-17(25)23-15-5-7-16(8-6-15)30(26,27)24-9-3-4-10-24/h5-8,12H,3-4,9-11H2,1-2H3,(H,23,25). The van der Waals surface area contributed by atoms with Gasteiger partial charge in [-0.25, -0.2) is 18.4 Å². The van der Waals surface area contributed by atoms with Crippen molar-refractivity contribution in [3.63, 3.8) is 0 Å². The highest BCUT2D eigenvalue weighted by molar-refractivity contribution is 8.00. The molecule has 0 unspecified atom stereocenters. The lowest BCUT2D eigenvalue weighted by Crippen LogP contribution is -2.27. The van der Waals surface area contributed by atoms with Crippen molar-refractivity contribution in [3.8, 4) is 0 Å². The molecule has 0 aliphatic carbocycles. The number of carbonyl (C=O) groups excluding carboxylic acids is 1. The number of hydrogen-bond acceptors (Lipinski definition) is 7. The van der Waals surface area contributed by atoms with Gasteiger partial charge in [0.05, 0.1) is 10.6 Å². The van der Waals surface area contributed by atoms with Crippen LogP contribution < -0.4 is 5.32 Å². The first-order chi connectivity index (χ1) is 14.4. The summed E-state index contributed by atoms with van der Waals surface area (Å²) < 4.78 is 26.7. The Labute approximate surface area is 184 Å². The van der Waals surface area contributed by atoms with E-state index in [0.29, 0.717) is 18.8 Å². The Kier molecular flexibility index (Phi) is 6.10. The molecule has 1 fully saturated rings. The number of hydrogen-bond donors (Lipinski definition) is 1. The molecular formula is C20H22N4O3S3. The highest BCUT2D eigenvalue weighted by Gasteiger charge is 2.27. The number of rotatable bonds is 6. The van der Waals surface area contributed by atoms with Gasteiger partial charge in [0, 0.05) is 29.0 Å². The van der Waals surface area contributed by atoms with Crippen LogP contribution in [0.25, 0.3) is 10.2 Å². The zero-order chi connectivity index (χ0) is 21.3. The van der Waals surface area contributed by atoms with Gasteiger partial charge in [0.15, 0.2) is 0 Å². The first-order valence-electron chi connectivity index (χ1n) is 9.60. The third-order valence-corrected chi connectivity index (χ3v) is 9.13. The van der Waals surface area contributed by atoms with E-state index in [1.165, 1.54) is 27.3 Å². The van der Waals surface area contributed by atoms with Gasteiger partial charge in [0.25, 0.3) is 0 Å². The Morgan fingerprint density at radius 2 is 1.87 bits per heavy atom. The molecule has 1 aliphatic heterocycles. The average molecular weight is 463 g/mol. The summed E-state index contributed by atoms with van der Waals surface area (Å²) in [5.41, 5.74) is 1.71. The Hall–Kier alpha value is -2.01. The minimum absolute atomic E-state index is 0.175. The van der Waals surface area contributed by atoms with E-state index in [0.717, 1.165) is 33.6 Å². The molecule has 0 atom stereocenters. The van der Waals surface area contributed by atoms with E-state index < -0.39 is 10.0 Å². The highest BCUT2D eigenvalue weighted by Crippen LogP contribution is 2.34. The molecule has 158 valence electrons. The Morgan fingerprint density at radius 1 is 1.17 bits per heavy atom. The van der Waals surface area contributed by atoms with Gasteiger partial charge < -0.3 is 5.32 Å². The number of aromatic nitrogens is 2. The maximum absolute atomic E-state index is 12.6. The minimum atomic E-state index is -3.45. The summed E-state index contributed by atoms with van der Waals surface area (Å²) in [5.74, 6) is 0.0281. The number of aryl methyl sites for hydroxylation is 2. The highest BCUT2D eigenvalue weighted by atomic mass is 32.2. The number of thioether (sulfide) groups is 1. The lowest BCUT2D eigenvalue weighted by atomic mass is 10.2. The molecule has 2 aromatic heterocycles. The van der Waals surface area contributed by atoms with E-state index in [4.69, 9.17) is 0 Å². The monoisotopic (exact) mass is 462 g/mol. The van der Waals surface area contributed by atoms with Crippen LogP contribution in [0.5, 0.6) is 0 Å². The van der Waals surface area contributed by atoms with Gasteiger partial charge in [0.2, 0.25) is 15.9 Å². The van der Waals surface area contributed by atoms with Crippen LogP contribution in [-0.2, 0) is 14.8 Å². The summed E-state index contributed by atoms with van der Waals surface area (Å²) in [5, 5.41) is 4.62. The van der Waals surface area contributed by atoms with Crippen molar-refractivity contribution in [1.29, 1.82) is 0 Å². The van der Waals surface area contributed by atoms with Crippen LogP contribution in [0.4, 0.5) is 5.69 Å². The van der Waals surface area contributed by atoms with Crippen LogP contribution in [0, 0.1) is 13.8 Å². The maximum Gasteiger partial charge on any atom is 0.243 e. The third kappa shape index (κ3) is 4.22. The summed E-state index contributed by atoms with van der Waals surface area (Å²) in [6, 6.07) is 6.34. The van der Waals surface area contributed by atoms with Crippen LogP contribution in [-0.4, -0.2) is 47.4 Å². The van der Waals surface area contributed by atoms with Crippen LogP contribution in [0.15, 0.2) is 40.5 Å². The quantitative estimate of drug-likeness (QED) is 0.442. The van der Waals surface area contributed by atoms with E-state index in [1.807, 2.05) is 6.92 Å². The van der Waals surface area contributed by atoms with E-state index in [9.17, 15) is 13.2 Å². The van der Waals surface area contributed by atoms with Crippen molar-refractivity contribution in [3.05, 3.63) is 41.0 Å². The van der Waals surface area contributed by atoms with E-state index in [1.54, 1.807) is 35.6 Å². The zero-order valence-corrected chi connectivity index (χ0v) is 19.2. The smallest absolute Gasteiger partial charge is 0.243 e. The molecule has 0 saturated carbocycles. The van der Waals surface area contributed by atoms with Crippen LogP contribution in [0.3, 0.4) is 0 Å². The molecule has 0 spiro atoms. The van der Waals surface area contributed by atoms with Crippen molar-refractivity contribution in [2.75, 3.05) is 24.2 Å². The predicted molar refractivity (Wildman–Crippen MR) is 121 cm³/mol. The molecular weight excluding hydrogens is 440 g/mol. The van der Waals surface area contributed by atoms with Crippen LogP contribution in [0.1, 0.15) is 23.3 Å². The van der Waals surface area contributed by atoms with Gasteiger partial charge in [-0.3, -0.25) is 4.79 Å². The number of benzene rings is 1. The zero-order valence-electron chi connectivity index (χ0n) is 16.7. The lowest BCUT2D eigenvalue weighted by Gasteiger charge is -2.15. The number of carbonyl (C=O) groups is 1. The summed E-state index contributed by atoms with van der Waals surface area (Å²) in [4.78, 5) is 23.4. The predicted octanol–water partition coefficient (Wildman–Crippen LogP) is 3.82. The van der Waals surface area contributed by atoms with Gasteiger partial charge in [-0.05, 0) is 56.5 Å². The first-order valence-corrected chi connectivity index (χ1v) is 12.8. The fraction of sp³-hybridized carbons (Fsp3) is 0.350. The number of sulfonamides is 1. The molecule has 1 saturated heterocycles. The molecule has 10 heteroatoms. The van der Waals surface area contributed by atoms with Crippen LogP contribution in [0.2, 0.25) is 0 Å². The molecule has 3 heterocycles. The van der Waals surface area contributed by atoms with Gasteiger partial charge in [0.1, 0.15) is 16.2 Å². The fourth-order valence-corrected chi connectivity index (χ4v) is 6.81. The van der Waals surface area contributed by atoms with Crippen molar-refractivity contribution >= 4 is 54.9 Å². The van der Waals surface area contributed by atoms with Crippen molar-refractivity contribution in [2.45, 2.75) is 36.6 Å². The largest absolute Gasteiger partial charge is 0.325 e. The molecule has 1 amide bonds. The second-order valence-electron chi connectivity index (χ2n) is 7.11. The average Bonchev–Trinajstić information content (AvgIpc) is 3.37. The first kappa shape index (κ1) is 21.2. The molecule has 1 N–H and O–H groups in total. The van der Waals surface area contributed by atoms with Crippen molar-refractivity contribution in [1.82, 2.24) is 14.3 Å². The summed E-state index contributed by atoms with van der Waals surface area (Å²) in [6.45, 7) is 5.23. The SMILES string of the molecule is Cc1sc2ncnc(SCC(=O)Nc3ccc(S(=O)(=O)N4CCCC4)cc3)c2c1C. The molecule has 0 bridgehead atoms. The number of anilines is 1. The number of thiophene rings is 1. The van der Waals surface area contributed by atoms with Crippen molar-refractivity contribution < 1.29 is 13.2 Å². The number of nitrogens with one attached hydrogen (secondary N) is 1. The Bertz CT molecular complexity index is 1180. The summed E-state index contributed by atoms with van der Waals surface area (Å²) in [6.07, 6.45) is 3.32. The molecule has 1 aliphatic rings. The number of amides is 1. The van der Waals surface area contributed by atoms with Crippen molar-refractivity contribution in [2.24, 2.45) is 0 Å². The normalized spacial score (nSPS) is 15.0. The number of nitrogens with zero attached hydrogens (tertiary/aromatic N) is 3. The summed E-state index contributed by atoms with van der Waals surface area (Å²) >= 11 is 2.99. The number of fused-ring (bicyclic) bond motifs is 1. The molecule has 30 heavy (non-hydrogen) atoms. The topological polar surface area (TPSA) is 92.3 Å². The molecule has 7 nitrogen and oxygen atoms in total. The molecule has 0 radical (unpaired) electrons. The Morgan fingerprint density at radius 3 is 2.57 bits per heavy atom. The van der Waals surface area contributed by atoms with Gasteiger partial charge in [-0.1, -0.05) is 11.8 Å². The fourth-order valence-electron chi connectivity index (χ4n) is 3.38. The minimum Gasteiger partial charge on any atom is -0.325 e. The van der Waals surface area contributed by atoms with E-state index in [-0.39, 0.29) is 16.6 Å². The van der Waals surface area contributed by atoms with E-state index >= 15 is 0 Å². The second-order valence-corrected chi connectivity index (χ2v) is 11.2. The van der Waals surface area contributed by atoms with Gasteiger partial charge in [-0.2, -0.15) is 4.31 Å². The third-order valence-electron chi connectivity index (χ3n) is 5.11. The summed E-state index contributed by atoms with van der Waals surface area (Å²) in [7, 11) is -3.45. The molecule has 4 rings (SSSR count). The van der Waals surface area contributed by atoms with Gasteiger partial charge in [-0.15, -0.1) is 11.3 Å². The maximum atomic E-state index is 12.6. The molecule has 3 aromatic rings. The second kappa shape index (κ2) is 8.62. The molecule has 1 aromatic carbocycles. The Balaban J connectivity index is 1.40. The van der Waals surface area contributed by atoms with Crippen LogP contribution >= 0.6 is 23.1 Å². The van der Waals surface area contributed by atoms with E-state index in [2.05, 4.69) is 22.2 Å². The van der Waals surface area contributed by atoms with Gasteiger partial charge >= 0.3 is 0 Å².